The van der Waals surface area contributed by atoms with Gasteiger partial charge < -0.3 is 0 Å². The van der Waals surface area contributed by atoms with Gasteiger partial charge in [-0.05, 0) is 0 Å². The van der Waals surface area contributed by atoms with Crippen molar-refractivity contribution in [2.45, 2.75) is 32.6 Å². The molecule has 1 N–H and O–H groups in total. The predicted octanol–water partition coefficient (Wildman–Crippen LogP) is 1.87. The molecule has 0 aliphatic heterocycles. The van der Waals surface area contributed by atoms with Crippen LogP contribution in [0, 0.1) is 0 Å². The number of rotatable bonds is 2. The Morgan fingerprint density at radius 3 is 2.46 bits per heavy atom. The Hall–Kier alpha value is -0.422. The first kappa shape index (κ1) is 10.7. The quantitative estimate of drug-likeness (QED) is 0.780. The monoisotopic (exact) mass is 238 g/mol. The first-order chi connectivity index (χ1) is 5.97. The van der Waals surface area contributed by atoms with Crippen LogP contribution >= 0.6 is 0 Å². The van der Waals surface area contributed by atoms with Crippen LogP contribution in [0.25, 0.3) is 0 Å². The van der Waals surface area contributed by atoms with Gasteiger partial charge in [-0.3, -0.25) is 0 Å². The van der Waals surface area contributed by atoms with E-state index in [4.69, 9.17) is 0 Å². The zero-order valence-electron chi connectivity index (χ0n) is 8.33. The Morgan fingerprint density at radius 1 is 1.38 bits per heavy atom. The Labute approximate surface area is 88.7 Å². The summed E-state index contributed by atoms with van der Waals surface area (Å²) in [6.07, 6.45) is 1.10. The van der Waals surface area contributed by atoms with Crippen LogP contribution in [0.15, 0.2) is 18.2 Å². The van der Waals surface area contributed by atoms with Crippen LogP contribution in [0.1, 0.15) is 32.8 Å². The van der Waals surface area contributed by atoms with Gasteiger partial charge in [-0.25, -0.2) is 0 Å². The molecule has 13 heavy (non-hydrogen) atoms. The van der Waals surface area contributed by atoms with Gasteiger partial charge in [0, 0.05) is 0 Å². The van der Waals surface area contributed by atoms with Gasteiger partial charge in [-0.1, -0.05) is 0 Å². The third-order valence-corrected chi connectivity index (χ3v) is 3.39. The zero-order valence-corrected chi connectivity index (χ0v) is 10.2. The van der Waals surface area contributed by atoms with Crippen molar-refractivity contribution in [3.63, 3.8) is 0 Å². The van der Waals surface area contributed by atoms with E-state index in [1.165, 1.54) is 5.56 Å². The number of benzene rings is 1. The number of hydrogen-bond acceptors (Lipinski definition) is 1. The molecule has 0 aliphatic rings. The van der Waals surface area contributed by atoms with E-state index in [0.29, 0.717) is 5.75 Å². The second-order valence-electron chi connectivity index (χ2n) is 3.94. The fourth-order valence-electron chi connectivity index (χ4n) is 1.15. The van der Waals surface area contributed by atoms with Crippen LogP contribution in [-0.2, 0) is 5.41 Å². The molecule has 0 saturated carbocycles. The molecule has 1 rings (SSSR count). The molecule has 0 unspecified atom stereocenters. The fourth-order valence-corrected chi connectivity index (χ4v) is 1.60. The van der Waals surface area contributed by atoms with Crippen LogP contribution in [0.5, 0.6) is 5.75 Å². The average Bonchev–Trinajstić information content (AvgIpc) is 2.09. The molecule has 0 bridgehead atoms. The van der Waals surface area contributed by atoms with Gasteiger partial charge in [-0.15, -0.1) is 0 Å². The summed E-state index contributed by atoms with van der Waals surface area (Å²) < 4.78 is 0.895. The molecule has 1 aromatic carbocycles. The molecule has 2 radical (unpaired) electrons. The predicted molar refractivity (Wildman–Crippen MR) is 56.8 cm³/mol. The van der Waals surface area contributed by atoms with Crippen LogP contribution in [0.3, 0.4) is 0 Å². The number of aromatic hydroxyl groups is 1. The normalized spacial score (nSPS) is 11.7. The summed E-state index contributed by atoms with van der Waals surface area (Å²) >= 11 is 2.40. The van der Waals surface area contributed by atoms with Gasteiger partial charge >= 0.3 is 88.4 Å². The third kappa shape index (κ3) is 2.28. The van der Waals surface area contributed by atoms with Crippen LogP contribution in [-0.4, -0.2) is 22.0 Å². The molecule has 0 saturated heterocycles. The van der Waals surface area contributed by atoms with Gasteiger partial charge in [0.05, 0.1) is 0 Å². The Morgan fingerprint density at radius 2 is 2.00 bits per heavy atom. The first-order valence-corrected chi connectivity index (χ1v) is 5.43. The topological polar surface area (TPSA) is 20.2 Å². The summed E-state index contributed by atoms with van der Waals surface area (Å²) in [7, 11) is 0. The SMILES string of the molecule is CCC(C)(C)c1ccc(O)c([As])c1. The second-order valence-corrected chi connectivity index (χ2v) is 4.95. The number of phenols is 1. The van der Waals surface area contributed by atoms with E-state index in [2.05, 4.69) is 37.6 Å². The second kappa shape index (κ2) is 3.75. The van der Waals surface area contributed by atoms with Gasteiger partial charge in [0.2, 0.25) is 0 Å². The fraction of sp³-hybridized carbons (Fsp3) is 0.455. The molecule has 0 aliphatic carbocycles. The number of hydrogen-bond donors (Lipinski definition) is 1. The van der Waals surface area contributed by atoms with Crippen molar-refractivity contribution < 1.29 is 5.11 Å². The van der Waals surface area contributed by atoms with Gasteiger partial charge in [0.1, 0.15) is 0 Å². The van der Waals surface area contributed by atoms with E-state index >= 15 is 0 Å². The molecular weight excluding hydrogens is 223 g/mol. The molecule has 0 heterocycles. The van der Waals surface area contributed by atoms with Crippen molar-refractivity contribution in [3.8, 4) is 5.75 Å². The van der Waals surface area contributed by atoms with Gasteiger partial charge in [0.15, 0.2) is 0 Å². The maximum atomic E-state index is 9.37. The van der Waals surface area contributed by atoms with E-state index in [9.17, 15) is 5.11 Å². The molecule has 0 atom stereocenters. The van der Waals surface area contributed by atoms with Crippen molar-refractivity contribution in [2.24, 2.45) is 0 Å². The van der Waals surface area contributed by atoms with E-state index in [1.54, 1.807) is 6.07 Å². The van der Waals surface area contributed by atoms with Crippen molar-refractivity contribution in [2.75, 3.05) is 0 Å². The summed E-state index contributed by atoms with van der Waals surface area (Å²) in [5.74, 6) is 0.357. The van der Waals surface area contributed by atoms with Crippen molar-refractivity contribution in [3.05, 3.63) is 23.8 Å². The zero-order chi connectivity index (χ0) is 10.1. The molecule has 0 aromatic heterocycles. The van der Waals surface area contributed by atoms with Gasteiger partial charge in [0.25, 0.3) is 0 Å². The molecule has 70 valence electrons. The summed E-state index contributed by atoms with van der Waals surface area (Å²) in [5, 5.41) is 9.37. The number of phenolic OH excluding ortho intramolecular Hbond substituents is 1. The molecule has 2 heteroatoms. The molecule has 1 aromatic rings. The maximum absolute atomic E-state index is 9.37. The van der Waals surface area contributed by atoms with E-state index in [-0.39, 0.29) is 5.41 Å². The average molecular weight is 238 g/mol. The standard InChI is InChI=1S/C11H15AsO/c1-4-11(2,3)8-5-6-10(13)9(12)7-8/h5-7,13H,4H2,1-3H3. The minimum atomic E-state index is 0.197. The summed E-state index contributed by atoms with van der Waals surface area (Å²) in [6.45, 7) is 6.61. The van der Waals surface area contributed by atoms with Crippen LogP contribution < -0.4 is 4.35 Å². The van der Waals surface area contributed by atoms with Crippen LogP contribution in [0.4, 0.5) is 0 Å². The Kier molecular flexibility index (Phi) is 3.08. The summed E-state index contributed by atoms with van der Waals surface area (Å²) in [4.78, 5) is 0. The molecule has 0 fully saturated rings. The minimum absolute atomic E-state index is 0.197. The third-order valence-electron chi connectivity index (χ3n) is 2.64. The Balaban J connectivity index is 3.10. The van der Waals surface area contributed by atoms with E-state index in [1.807, 2.05) is 12.1 Å². The Bertz CT molecular complexity index is 305. The molecule has 1 nitrogen and oxygen atoms in total. The van der Waals surface area contributed by atoms with E-state index < -0.39 is 0 Å². The molecular formula is C11H15AsO. The molecule has 0 amide bonds. The summed E-state index contributed by atoms with van der Waals surface area (Å²) in [6, 6.07) is 5.80. The van der Waals surface area contributed by atoms with Crippen molar-refractivity contribution >= 4 is 21.2 Å². The summed E-state index contributed by atoms with van der Waals surface area (Å²) in [5.41, 5.74) is 1.48. The van der Waals surface area contributed by atoms with Gasteiger partial charge in [-0.2, -0.15) is 0 Å². The van der Waals surface area contributed by atoms with Crippen molar-refractivity contribution in [1.29, 1.82) is 0 Å². The molecule has 0 spiro atoms. The first-order valence-electron chi connectivity index (χ1n) is 4.50. The van der Waals surface area contributed by atoms with Crippen LogP contribution in [0.2, 0.25) is 0 Å². The van der Waals surface area contributed by atoms with Crippen molar-refractivity contribution in [1.82, 2.24) is 0 Å². The van der Waals surface area contributed by atoms with E-state index in [0.717, 1.165) is 10.8 Å².